The van der Waals surface area contributed by atoms with Crippen molar-refractivity contribution >= 4 is 29.1 Å². The van der Waals surface area contributed by atoms with E-state index < -0.39 is 23.8 Å². The molecule has 0 aromatic heterocycles. The molecule has 192 valence electrons. The van der Waals surface area contributed by atoms with Gasteiger partial charge in [0.1, 0.15) is 12.5 Å². The molecule has 8 heteroatoms. The minimum Gasteiger partial charge on any atom is -0.493 e. The molecule has 5 rings (SSSR count). The minimum atomic E-state index is -0.995. The van der Waals surface area contributed by atoms with Gasteiger partial charge in [-0.3, -0.25) is 14.6 Å². The van der Waals surface area contributed by atoms with Gasteiger partial charge in [-0.2, -0.15) is 0 Å². The smallest absolute Gasteiger partial charge is 0.335 e. The van der Waals surface area contributed by atoms with Crippen LogP contribution in [0.5, 0.6) is 11.5 Å². The van der Waals surface area contributed by atoms with Gasteiger partial charge in [0.2, 0.25) is 0 Å². The fourth-order valence-corrected chi connectivity index (χ4v) is 5.04. The number of ketones is 1. The van der Waals surface area contributed by atoms with Gasteiger partial charge in [0, 0.05) is 28.3 Å². The van der Waals surface area contributed by atoms with Crippen LogP contribution in [0, 0.1) is 5.92 Å². The third-order valence-corrected chi connectivity index (χ3v) is 6.91. The molecule has 0 bridgehead atoms. The van der Waals surface area contributed by atoms with Crippen molar-refractivity contribution in [3.8, 4) is 11.5 Å². The Hall–Kier alpha value is -4.72. The first-order valence-corrected chi connectivity index (χ1v) is 12.0. The number of benzene rings is 3. The van der Waals surface area contributed by atoms with E-state index >= 15 is 0 Å². The second-order valence-corrected chi connectivity index (χ2v) is 9.07. The fourth-order valence-electron chi connectivity index (χ4n) is 5.04. The number of fused-ring (bicyclic) bond motifs is 2. The van der Waals surface area contributed by atoms with Crippen molar-refractivity contribution in [1.82, 2.24) is 0 Å². The fraction of sp³-hybridized carbons (Fsp3) is 0.200. The third kappa shape index (κ3) is 4.24. The number of hydrogen-bond donors (Lipinski definition) is 1. The van der Waals surface area contributed by atoms with Crippen LogP contribution in [0.2, 0.25) is 0 Å². The minimum absolute atomic E-state index is 0.158. The highest BCUT2D eigenvalue weighted by atomic mass is 16.5. The number of carboxylic acids is 1. The second-order valence-electron chi connectivity index (χ2n) is 9.07. The number of allylic oxidation sites excluding steroid dienone is 1. The van der Waals surface area contributed by atoms with Gasteiger partial charge in [-0.15, -0.1) is 0 Å². The van der Waals surface area contributed by atoms with Crippen molar-refractivity contribution < 1.29 is 33.7 Å². The summed E-state index contributed by atoms with van der Waals surface area (Å²) in [5.41, 5.74) is 4.59. The Morgan fingerprint density at radius 2 is 1.66 bits per heavy atom. The molecular weight excluding hydrogens is 486 g/mol. The third-order valence-electron chi connectivity index (χ3n) is 6.91. The molecule has 0 saturated heterocycles. The number of nitrogens with zero attached hydrogens (tertiary/aromatic N) is 1. The predicted octanol–water partition coefficient (Wildman–Crippen LogP) is 4.93. The van der Waals surface area contributed by atoms with Crippen LogP contribution in [0.4, 0.5) is 0 Å². The van der Waals surface area contributed by atoms with E-state index in [0.717, 1.165) is 11.1 Å². The van der Waals surface area contributed by atoms with Crippen molar-refractivity contribution in [3.63, 3.8) is 0 Å². The summed E-state index contributed by atoms with van der Waals surface area (Å²) in [6.07, 6.45) is 0. The number of carboxylic acid groups (broad SMARTS) is 1. The van der Waals surface area contributed by atoms with Crippen LogP contribution in [-0.4, -0.2) is 42.8 Å². The Labute approximate surface area is 219 Å². The van der Waals surface area contributed by atoms with Crippen LogP contribution in [0.25, 0.3) is 5.70 Å². The summed E-state index contributed by atoms with van der Waals surface area (Å²) in [6.45, 7) is 1.97. The standard InChI is InChI=1S/C30H25NO7/c1-16-24(30(35)37-3)25(26-27(31-16)20-6-4-5-7-21(20)28(26)32)19-12-13-22(23(14-19)36-2)38-15-17-8-10-18(11-9-17)29(33)34/h4-14,24-25H,15H2,1-3H3,(H,33,34)/t24?,25-/m1/s1. The Bertz CT molecular complexity index is 1520. The summed E-state index contributed by atoms with van der Waals surface area (Å²) < 4.78 is 16.7. The van der Waals surface area contributed by atoms with Crippen molar-refractivity contribution in [2.45, 2.75) is 19.4 Å². The van der Waals surface area contributed by atoms with E-state index in [-0.39, 0.29) is 18.0 Å². The maximum Gasteiger partial charge on any atom is 0.335 e. The van der Waals surface area contributed by atoms with Gasteiger partial charge in [0.15, 0.2) is 17.3 Å². The quantitative estimate of drug-likeness (QED) is 0.448. The van der Waals surface area contributed by atoms with E-state index in [9.17, 15) is 14.4 Å². The van der Waals surface area contributed by atoms with E-state index in [0.29, 0.717) is 39.6 Å². The average molecular weight is 512 g/mol. The monoisotopic (exact) mass is 511 g/mol. The van der Waals surface area contributed by atoms with Crippen molar-refractivity contribution in [2.75, 3.05) is 14.2 Å². The van der Waals surface area contributed by atoms with Gasteiger partial charge in [0.25, 0.3) is 0 Å². The van der Waals surface area contributed by atoms with Gasteiger partial charge in [-0.25, -0.2) is 4.79 Å². The predicted molar refractivity (Wildman–Crippen MR) is 140 cm³/mol. The maximum atomic E-state index is 13.6. The molecule has 0 radical (unpaired) electrons. The van der Waals surface area contributed by atoms with Gasteiger partial charge < -0.3 is 19.3 Å². The SMILES string of the molecule is COC(=O)C1C(C)=NC2=C(C(=O)c3ccccc32)[C@@H]1c1ccc(OCc2ccc(C(=O)O)cc2)c(OC)c1. The molecule has 2 aliphatic rings. The number of carbonyl (C=O) groups is 3. The molecule has 8 nitrogen and oxygen atoms in total. The molecule has 1 unspecified atom stereocenters. The van der Waals surface area contributed by atoms with Crippen molar-refractivity contribution in [2.24, 2.45) is 10.9 Å². The number of esters is 1. The molecule has 1 heterocycles. The average Bonchev–Trinajstić information content (AvgIpc) is 3.22. The Kier molecular flexibility index (Phi) is 6.55. The lowest BCUT2D eigenvalue weighted by molar-refractivity contribution is -0.143. The Morgan fingerprint density at radius 1 is 0.947 bits per heavy atom. The lowest BCUT2D eigenvalue weighted by Crippen LogP contribution is -2.34. The highest BCUT2D eigenvalue weighted by Gasteiger charge is 2.46. The van der Waals surface area contributed by atoms with E-state index in [1.54, 1.807) is 37.3 Å². The van der Waals surface area contributed by atoms with Gasteiger partial charge >= 0.3 is 11.9 Å². The van der Waals surface area contributed by atoms with Gasteiger partial charge in [-0.05, 0) is 42.3 Å². The molecule has 2 atom stereocenters. The molecule has 1 N–H and O–H groups in total. The topological polar surface area (TPSA) is 111 Å². The summed E-state index contributed by atoms with van der Waals surface area (Å²) >= 11 is 0. The van der Waals surface area contributed by atoms with Gasteiger partial charge in [-0.1, -0.05) is 42.5 Å². The van der Waals surface area contributed by atoms with E-state index in [1.165, 1.54) is 26.4 Å². The number of aromatic carboxylic acids is 1. The number of ether oxygens (including phenoxy) is 3. The lowest BCUT2D eigenvalue weighted by Gasteiger charge is -2.30. The Morgan fingerprint density at radius 3 is 2.32 bits per heavy atom. The van der Waals surface area contributed by atoms with Crippen molar-refractivity contribution in [1.29, 1.82) is 0 Å². The maximum absolute atomic E-state index is 13.6. The zero-order valence-corrected chi connectivity index (χ0v) is 21.1. The molecule has 1 aliphatic heterocycles. The molecule has 3 aromatic rings. The zero-order chi connectivity index (χ0) is 27.0. The highest BCUT2D eigenvalue weighted by molar-refractivity contribution is 6.24. The first kappa shape index (κ1) is 25.0. The lowest BCUT2D eigenvalue weighted by atomic mass is 9.75. The van der Waals surface area contributed by atoms with Crippen LogP contribution in [0.15, 0.2) is 77.3 Å². The normalized spacial score (nSPS) is 17.9. The number of rotatable bonds is 7. The first-order chi connectivity index (χ1) is 18.3. The molecule has 3 aromatic carbocycles. The Balaban J connectivity index is 1.51. The summed E-state index contributed by atoms with van der Waals surface area (Å²) in [7, 11) is 2.84. The van der Waals surface area contributed by atoms with Crippen LogP contribution in [0.1, 0.15) is 50.2 Å². The van der Waals surface area contributed by atoms with E-state index in [2.05, 4.69) is 4.99 Å². The molecule has 0 spiro atoms. The number of Topliss-reactive ketones (excluding diaryl/α,β-unsaturated/α-hetero) is 1. The van der Waals surface area contributed by atoms with Crippen LogP contribution < -0.4 is 9.47 Å². The molecule has 0 fully saturated rings. The largest absolute Gasteiger partial charge is 0.493 e. The summed E-state index contributed by atoms with van der Waals surface area (Å²) in [5, 5.41) is 9.09. The summed E-state index contributed by atoms with van der Waals surface area (Å²) in [6, 6.07) is 19.0. The number of methoxy groups -OCH3 is 2. The number of hydrogen-bond acceptors (Lipinski definition) is 7. The van der Waals surface area contributed by atoms with Crippen molar-refractivity contribution in [3.05, 3.63) is 100 Å². The van der Waals surface area contributed by atoms with Crippen LogP contribution >= 0.6 is 0 Å². The first-order valence-electron chi connectivity index (χ1n) is 12.0. The summed E-state index contributed by atoms with van der Waals surface area (Å²) in [4.78, 5) is 42.3. The molecule has 0 amide bonds. The van der Waals surface area contributed by atoms with E-state index in [1.807, 2.05) is 24.3 Å². The van der Waals surface area contributed by atoms with Gasteiger partial charge in [0.05, 0.1) is 25.5 Å². The molecule has 38 heavy (non-hydrogen) atoms. The highest BCUT2D eigenvalue weighted by Crippen LogP contribution is 2.49. The second kappa shape index (κ2) is 9.97. The molecular formula is C30H25NO7. The zero-order valence-electron chi connectivity index (χ0n) is 21.1. The number of carbonyl (C=O) groups excluding carboxylic acids is 2. The summed E-state index contributed by atoms with van der Waals surface area (Å²) in [5.74, 6) is -2.14. The number of aliphatic imine (C=N–C) groups is 1. The van der Waals surface area contributed by atoms with Crippen LogP contribution in [-0.2, 0) is 16.1 Å². The van der Waals surface area contributed by atoms with Crippen LogP contribution in [0.3, 0.4) is 0 Å². The molecule has 0 saturated carbocycles. The molecule has 1 aliphatic carbocycles. The van der Waals surface area contributed by atoms with E-state index in [4.69, 9.17) is 19.3 Å².